The molecule has 2 aliphatic rings. The van der Waals surface area contributed by atoms with Gasteiger partial charge in [0.15, 0.2) is 0 Å². The molecule has 5 rings (SSSR count). The van der Waals surface area contributed by atoms with Crippen molar-refractivity contribution in [3.8, 4) is 22.4 Å². The fourth-order valence-electron chi connectivity index (χ4n) is 4.36. The molecule has 0 spiro atoms. The van der Waals surface area contributed by atoms with Crippen molar-refractivity contribution in [2.45, 2.75) is 63.9 Å². The summed E-state index contributed by atoms with van der Waals surface area (Å²) in [5, 5.41) is 15.5. The SMILES string of the molecule is Cc1c(-c2[nH]cc(-c3ccccc3Cl)c2COC2CC2)cnn1C1CC(C)(O)C1. The Morgan fingerprint density at radius 2 is 2.00 bits per heavy atom. The standard InChI is InChI=1S/C23H26ClN3O2/c1-14-18(12-26-27(14)15-9-23(2,28)10-15)22-20(13-29-16-7-8-16)19(11-25-22)17-5-3-4-6-21(17)24/h3-6,11-12,15-16,25,28H,7-10,13H2,1-2H3. The average Bonchev–Trinajstić information content (AvgIpc) is 3.29. The highest BCUT2D eigenvalue weighted by atomic mass is 35.5. The fraction of sp³-hybridized carbons (Fsp3) is 0.435. The Morgan fingerprint density at radius 3 is 2.69 bits per heavy atom. The normalized spacial score (nSPS) is 23.9. The maximum atomic E-state index is 10.1. The summed E-state index contributed by atoms with van der Waals surface area (Å²) in [7, 11) is 0. The van der Waals surface area contributed by atoms with Crippen LogP contribution in [0.3, 0.4) is 0 Å². The Morgan fingerprint density at radius 1 is 1.24 bits per heavy atom. The summed E-state index contributed by atoms with van der Waals surface area (Å²) in [4.78, 5) is 3.46. The van der Waals surface area contributed by atoms with Crippen LogP contribution in [0.4, 0.5) is 0 Å². The molecule has 2 aliphatic carbocycles. The monoisotopic (exact) mass is 411 g/mol. The molecule has 2 N–H and O–H groups in total. The average molecular weight is 412 g/mol. The Kier molecular flexibility index (Phi) is 4.57. The molecule has 0 bridgehead atoms. The van der Waals surface area contributed by atoms with Crippen LogP contribution in [0.2, 0.25) is 5.02 Å². The Balaban J connectivity index is 1.53. The topological polar surface area (TPSA) is 63.1 Å². The number of halogens is 1. The van der Waals surface area contributed by atoms with Gasteiger partial charge >= 0.3 is 0 Å². The van der Waals surface area contributed by atoms with Gasteiger partial charge in [0.1, 0.15) is 0 Å². The lowest BCUT2D eigenvalue weighted by Gasteiger charge is -2.41. The first-order chi connectivity index (χ1) is 13.9. The van der Waals surface area contributed by atoms with Gasteiger partial charge in [-0.1, -0.05) is 29.8 Å². The lowest BCUT2D eigenvalue weighted by atomic mass is 9.77. The molecule has 29 heavy (non-hydrogen) atoms. The lowest BCUT2D eigenvalue weighted by molar-refractivity contribution is -0.0548. The minimum atomic E-state index is -0.573. The van der Waals surface area contributed by atoms with Crippen molar-refractivity contribution in [2.24, 2.45) is 0 Å². The van der Waals surface area contributed by atoms with Crippen LogP contribution < -0.4 is 0 Å². The van der Waals surface area contributed by atoms with Crippen LogP contribution in [0, 0.1) is 6.92 Å². The first-order valence-corrected chi connectivity index (χ1v) is 10.6. The summed E-state index contributed by atoms with van der Waals surface area (Å²) >= 11 is 6.50. The van der Waals surface area contributed by atoms with E-state index in [0.717, 1.165) is 64.3 Å². The van der Waals surface area contributed by atoms with E-state index in [2.05, 4.69) is 21.7 Å². The summed E-state index contributed by atoms with van der Waals surface area (Å²) in [5.74, 6) is 0. The first kappa shape index (κ1) is 18.9. The number of H-pyrrole nitrogens is 1. The fourth-order valence-corrected chi connectivity index (χ4v) is 4.60. The lowest BCUT2D eigenvalue weighted by Crippen LogP contribution is -2.42. The van der Waals surface area contributed by atoms with Gasteiger partial charge in [-0.3, -0.25) is 4.68 Å². The van der Waals surface area contributed by atoms with Gasteiger partial charge in [-0.05, 0) is 45.6 Å². The van der Waals surface area contributed by atoms with Gasteiger partial charge < -0.3 is 14.8 Å². The largest absolute Gasteiger partial charge is 0.390 e. The molecular formula is C23H26ClN3O2. The van der Waals surface area contributed by atoms with Crippen molar-refractivity contribution in [3.63, 3.8) is 0 Å². The van der Waals surface area contributed by atoms with Crippen LogP contribution in [-0.4, -0.2) is 31.6 Å². The van der Waals surface area contributed by atoms with Crippen LogP contribution >= 0.6 is 11.6 Å². The second-order valence-corrected chi connectivity index (χ2v) is 9.10. The number of benzene rings is 1. The molecule has 2 fully saturated rings. The Labute approximate surface area is 175 Å². The van der Waals surface area contributed by atoms with Crippen molar-refractivity contribution in [1.29, 1.82) is 0 Å². The number of aromatic nitrogens is 3. The van der Waals surface area contributed by atoms with E-state index in [1.807, 2.05) is 43.6 Å². The Hall–Kier alpha value is -2.08. The van der Waals surface area contributed by atoms with Crippen molar-refractivity contribution in [2.75, 3.05) is 0 Å². The highest BCUT2D eigenvalue weighted by Gasteiger charge is 2.40. The molecule has 0 saturated heterocycles. The summed E-state index contributed by atoms with van der Waals surface area (Å²) < 4.78 is 8.14. The van der Waals surface area contributed by atoms with Gasteiger partial charge in [0.2, 0.25) is 0 Å². The molecule has 1 aromatic carbocycles. The summed E-state index contributed by atoms with van der Waals surface area (Å²) in [6, 6.07) is 8.17. The van der Waals surface area contributed by atoms with Crippen molar-refractivity contribution < 1.29 is 9.84 Å². The summed E-state index contributed by atoms with van der Waals surface area (Å²) in [6.07, 6.45) is 8.07. The van der Waals surface area contributed by atoms with Gasteiger partial charge in [0.25, 0.3) is 0 Å². The third kappa shape index (κ3) is 3.52. The van der Waals surface area contributed by atoms with Crippen molar-refractivity contribution in [3.05, 3.63) is 52.9 Å². The highest BCUT2D eigenvalue weighted by molar-refractivity contribution is 6.33. The molecule has 5 nitrogen and oxygen atoms in total. The molecule has 152 valence electrons. The summed E-state index contributed by atoms with van der Waals surface area (Å²) in [5.41, 5.74) is 5.84. The third-order valence-electron chi connectivity index (χ3n) is 6.15. The molecule has 6 heteroatoms. The third-order valence-corrected chi connectivity index (χ3v) is 6.48. The van der Waals surface area contributed by atoms with Gasteiger partial charge in [0, 0.05) is 39.2 Å². The molecule has 2 saturated carbocycles. The van der Waals surface area contributed by atoms with Gasteiger partial charge in [-0.2, -0.15) is 5.10 Å². The molecular weight excluding hydrogens is 386 g/mol. The van der Waals surface area contributed by atoms with Crippen LogP contribution in [0.15, 0.2) is 36.7 Å². The predicted octanol–water partition coefficient (Wildman–Crippen LogP) is 5.27. The van der Waals surface area contributed by atoms with Crippen LogP contribution in [0.1, 0.15) is 49.9 Å². The zero-order chi connectivity index (χ0) is 20.2. The zero-order valence-electron chi connectivity index (χ0n) is 16.8. The van der Waals surface area contributed by atoms with E-state index in [0.29, 0.717) is 12.7 Å². The highest BCUT2D eigenvalue weighted by Crippen LogP contribution is 2.43. The van der Waals surface area contributed by atoms with Crippen LogP contribution in [0.25, 0.3) is 22.4 Å². The quantitative estimate of drug-likeness (QED) is 0.580. The van der Waals surface area contributed by atoms with Gasteiger partial charge in [0.05, 0.1) is 36.2 Å². The van der Waals surface area contributed by atoms with E-state index in [1.54, 1.807) is 0 Å². The number of hydrogen-bond acceptors (Lipinski definition) is 3. The van der Waals surface area contributed by atoms with E-state index in [9.17, 15) is 5.11 Å². The number of ether oxygens (including phenoxy) is 1. The van der Waals surface area contributed by atoms with Crippen LogP contribution in [-0.2, 0) is 11.3 Å². The smallest absolute Gasteiger partial charge is 0.0747 e. The molecule has 0 radical (unpaired) electrons. The molecule has 0 aliphatic heterocycles. The predicted molar refractivity (Wildman–Crippen MR) is 114 cm³/mol. The minimum Gasteiger partial charge on any atom is -0.390 e. The molecule has 2 aromatic heterocycles. The number of hydrogen-bond donors (Lipinski definition) is 2. The van der Waals surface area contributed by atoms with E-state index < -0.39 is 5.60 Å². The molecule has 3 aromatic rings. The van der Waals surface area contributed by atoms with Gasteiger partial charge in [-0.25, -0.2) is 0 Å². The van der Waals surface area contributed by atoms with Crippen LogP contribution in [0.5, 0.6) is 0 Å². The number of aromatic amines is 1. The minimum absolute atomic E-state index is 0.253. The number of nitrogens with zero attached hydrogens (tertiary/aromatic N) is 2. The molecule has 2 heterocycles. The second kappa shape index (κ2) is 7.01. The van der Waals surface area contributed by atoms with Crippen molar-refractivity contribution >= 4 is 11.6 Å². The van der Waals surface area contributed by atoms with E-state index in [1.165, 1.54) is 0 Å². The number of rotatable bonds is 6. The molecule has 0 amide bonds. The summed E-state index contributed by atoms with van der Waals surface area (Å²) in [6.45, 7) is 4.53. The first-order valence-electron chi connectivity index (χ1n) is 10.3. The Bertz CT molecular complexity index is 1040. The maximum Gasteiger partial charge on any atom is 0.0747 e. The second-order valence-electron chi connectivity index (χ2n) is 8.69. The number of aliphatic hydroxyl groups is 1. The molecule has 0 unspecified atom stereocenters. The maximum absolute atomic E-state index is 10.1. The van der Waals surface area contributed by atoms with E-state index in [4.69, 9.17) is 16.3 Å². The van der Waals surface area contributed by atoms with E-state index >= 15 is 0 Å². The van der Waals surface area contributed by atoms with E-state index in [-0.39, 0.29) is 6.04 Å². The number of nitrogens with one attached hydrogen (secondary N) is 1. The van der Waals surface area contributed by atoms with Gasteiger partial charge in [-0.15, -0.1) is 0 Å². The van der Waals surface area contributed by atoms with Crippen molar-refractivity contribution in [1.82, 2.24) is 14.8 Å². The molecule has 0 atom stereocenters. The zero-order valence-corrected chi connectivity index (χ0v) is 17.5.